The zero-order chi connectivity index (χ0) is 13.0. The van der Waals surface area contributed by atoms with E-state index in [9.17, 15) is 10.1 Å². The van der Waals surface area contributed by atoms with Gasteiger partial charge in [-0.1, -0.05) is 32.6 Å². The Morgan fingerprint density at radius 2 is 2.00 bits per heavy atom. The van der Waals surface area contributed by atoms with Gasteiger partial charge in [0.2, 0.25) is 5.91 Å². The lowest BCUT2D eigenvalue weighted by molar-refractivity contribution is -0.141. The van der Waals surface area contributed by atoms with E-state index in [4.69, 9.17) is 0 Å². The van der Waals surface area contributed by atoms with E-state index >= 15 is 0 Å². The van der Waals surface area contributed by atoms with Crippen LogP contribution in [0.2, 0.25) is 0 Å². The molecular weight excluding hydrogens is 224 g/mol. The molecule has 3 heteroatoms. The maximum absolute atomic E-state index is 12.7. The Balaban J connectivity index is 2.08. The van der Waals surface area contributed by atoms with E-state index in [2.05, 4.69) is 13.0 Å². The maximum atomic E-state index is 12.7. The van der Waals surface area contributed by atoms with Crippen molar-refractivity contribution in [3.8, 4) is 6.07 Å². The van der Waals surface area contributed by atoms with E-state index in [0.29, 0.717) is 6.04 Å². The van der Waals surface area contributed by atoms with Crippen molar-refractivity contribution in [1.82, 2.24) is 4.90 Å². The molecule has 2 aliphatic carbocycles. The average Bonchev–Trinajstić information content (AvgIpc) is 3.24. The Labute approximate surface area is 110 Å². The first-order chi connectivity index (χ1) is 8.73. The summed E-state index contributed by atoms with van der Waals surface area (Å²) in [5, 5.41) is 9.49. The third kappa shape index (κ3) is 2.68. The number of amides is 1. The van der Waals surface area contributed by atoms with E-state index in [1.807, 2.05) is 4.90 Å². The smallest absolute Gasteiger partial charge is 0.243 e. The van der Waals surface area contributed by atoms with Gasteiger partial charge in [0, 0.05) is 12.6 Å². The van der Waals surface area contributed by atoms with Crippen LogP contribution in [0, 0.1) is 16.7 Å². The van der Waals surface area contributed by atoms with Gasteiger partial charge in [-0.15, -0.1) is 0 Å². The van der Waals surface area contributed by atoms with Crippen molar-refractivity contribution in [2.75, 3.05) is 6.54 Å². The topological polar surface area (TPSA) is 44.1 Å². The van der Waals surface area contributed by atoms with Crippen molar-refractivity contribution in [2.24, 2.45) is 5.41 Å². The van der Waals surface area contributed by atoms with Gasteiger partial charge in [0.25, 0.3) is 0 Å². The molecule has 2 rings (SSSR count). The van der Waals surface area contributed by atoms with Crippen molar-refractivity contribution in [2.45, 2.75) is 70.8 Å². The Hall–Kier alpha value is -1.04. The van der Waals surface area contributed by atoms with Crippen molar-refractivity contribution in [3.05, 3.63) is 0 Å². The van der Waals surface area contributed by atoms with Crippen LogP contribution in [0.1, 0.15) is 64.7 Å². The highest BCUT2D eigenvalue weighted by atomic mass is 16.2. The molecule has 0 saturated heterocycles. The zero-order valence-corrected chi connectivity index (χ0v) is 11.5. The predicted octanol–water partition coefficient (Wildman–Crippen LogP) is 3.25. The summed E-state index contributed by atoms with van der Waals surface area (Å²) in [7, 11) is 0. The predicted molar refractivity (Wildman–Crippen MR) is 70.8 cm³/mol. The van der Waals surface area contributed by atoms with E-state index in [1.54, 1.807) is 0 Å². The number of nitrogens with zero attached hydrogens (tertiary/aromatic N) is 2. The fourth-order valence-corrected chi connectivity index (χ4v) is 2.97. The summed E-state index contributed by atoms with van der Waals surface area (Å²) in [6, 6.07) is 2.81. The first kappa shape index (κ1) is 13.4. The van der Waals surface area contributed by atoms with Crippen molar-refractivity contribution < 1.29 is 4.79 Å². The quantitative estimate of drug-likeness (QED) is 0.749. The molecule has 2 saturated carbocycles. The van der Waals surface area contributed by atoms with Crippen molar-refractivity contribution in [1.29, 1.82) is 5.26 Å². The molecule has 0 unspecified atom stereocenters. The van der Waals surface area contributed by atoms with Crippen LogP contribution in [0.4, 0.5) is 0 Å². The summed E-state index contributed by atoms with van der Waals surface area (Å²) in [6.45, 7) is 3.00. The Kier molecular flexibility index (Phi) is 4.27. The largest absolute Gasteiger partial charge is 0.338 e. The van der Waals surface area contributed by atoms with Crippen LogP contribution < -0.4 is 0 Å². The number of carbonyl (C=O) groups excluding carboxylic acids is 1. The number of unbranched alkanes of at least 4 members (excludes halogenated alkanes) is 1. The molecule has 100 valence electrons. The first-order valence-electron chi connectivity index (χ1n) is 7.46. The highest BCUT2D eigenvalue weighted by Crippen LogP contribution is 2.40. The summed E-state index contributed by atoms with van der Waals surface area (Å²) < 4.78 is 0. The summed E-state index contributed by atoms with van der Waals surface area (Å²) in [5.41, 5.74) is -0.686. The van der Waals surface area contributed by atoms with Gasteiger partial charge < -0.3 is 4.90 Å². The third-order valence-corrected chi connectivity index (χ3v) is 4.33. The normalized spacial score (nSPS) is 22.2. The van der Waals surface area contributed by atoms with E-state index in [1.165, 1.54) is 6.42 Å². The first-order valence-corrected chi connectivity index (χ1v) is 7.46. The van der Waals surface area contributed by atoms with Crippen LogP contribution in [0.3, 0.4) is 0 Å². The van der Waals surface area contributed by atoms with Crippen molar-refractivity contribution >= 4 is 5.91 Å². The monoisotopic (exact) mass is 248 g/mol. The molecule has 1 amide bonds. The Morgan fingerprint density at radius 1 is 1.33 bits per heavy atom. The van der Waals surface area contributed by atoms with Crippen molar-refractivity contribution in [3.63, 3.8) is 0 Å². The van der Waals surface area contributed by atoms with Gasteiger partial charge in [-0.05, 0) is 32.1 Å². The minimum absolute atomic E-state index is 0.139. The molecule has 0 radical (unpaired) electrons. The molecule has 0 aromatic heterocycles. The van der Waals surface area contributed by atoms with Crippen LogP contribution in [0.25, 0.3) is 0 Å². The van der Waals surface area contributed by atoms with Crippen LogP contribution >= 0.6 is 0 Å². The molecule has 0 aromatic rings. The Morgan fingerprint density at radius 3 is 2.50 bits per heavy atom. The molecule has 0 bridgehead atoms. The molecule has 0 N–H and O–H groups in total. The van der Waals surface area contributed by atoms with E-state index < -0.39 is 5.41 Å². The SMILES string of the molecule is CCCCN(C(=O)C1(C#N)CCCCC1)C1CC1. The van der Waals surface area contributed by atoms with Crippen LogP contribution in [-0.2, 0) is 4.79 Å². The third-order valence-electron chi connectivity index (χ3n) is 4.33. The van der Waals surface area contributed by atoms with Gasteiger partial charge in [0.15, 0.2) is 0 Å². The molecule has 0 heterocycles. The average molecular weight is 248 g/mol. The summed E-state index contributed by atoms with van der Waals surface area (Å²) in [6.07, 6.45) is 9.23. The summed E-state index contributed by atoms with van der Waals surface area (Å²) >= 11 is 0. The fourth-order valence-electron chi connectivity index (χ4n) is 2.97. The van der Waals surface area contributed by atoms with E-state index in [0.717, 1.165) is 57.9 Å². The number of rotatable bonds is 5. The van der Waals surface area contributed by atoms with Gasteiger partial charge in [-0.2, -0.15) is 5.26 Å². The molecule has 0 spiro atoms. The van der Waals surface area contributed by atoms with Crippen LogP contribution in [0.5, 0.6) is 0 Å². The maximum Gasteiger partial charge on any atom is 0.243 e. The molecular formula is C15H24N2O. The minimum atomic E-state index is -0.686. The second kappa shape index (κ2) is 5.73. The molecule has 18 heavy (non-hydrogen) atoms. The number of hydrogen-bond acceptors (Lipinski definition) is 2. The second-order valence-electron chi connectivity index (χ2n) is 5.84. The highest BCUT2D eigenvalue weighted by molar-refractivity contribution is 5.86. The highest BCUT2D eigenvalue weighted by Gasteiger charge is 2.45. The lowest BCUT2D eigenvalue weighted by atomic mass is 9.74. The lowest BCUT2D eigenvalue weighted by Gasteiger charge is -2.35. The fraction of sp³-hybridized carbons (Fsp3) is 0.867. The van der Waals surface area contributed by atoms with E-state index in [-0.39, 0.29) is 5.91 Å². The lowest BCUT2D eigenvalue weighted by Crippen LogP contribution is -2.46. The number of nitriles is 1. The minimum Gasteiger partial charge on any atom is -0.338 e. The van der Waals surface area contributed by atoms with Gasteiger partial charge in [-0.3, -0.25) is 4.79 Å². The van der Waals surface area contributed by atoms with Crippen LogP contribution in [0.15, 0.2) is 0 Å². The molecule has 0 aliphatic heterocycles. The molecule has 0 atom stereocenters. The molecule has 0 aromatic carbocycles. The molecule has 3 nitrogen and oxygen atoms in total. The van der Waals surface area contributed by atoms with Gasteiger partial charge >= 0.3 is 0 Å². The van der Waals surface area contributed by atoms with Crippen LogP contribution in [-0.4, -0.2) is 23.4 Å². The number of carbonyl (C=O) groups is 1. The summed E-state index contributed by atoms with van der Waals surface area (Å²) in [4.78, 5) is 14.8. The number of hydrogen-bond donors (Lipinski definition) is 0. The molecule has 2 aliphatic rings. The van der Waals surface area contributed by atoms with Gasteiger partial charge in [-0.25, -0.2) is 0 Å². The zero-order valence-electron chi connectivity index (χ0n) is 11.5. The van der Waals surface area contributed by atoms with Gasteiger partial charge in [0.1, 0.15) is 5.41 Å². The summed E-state index contributed by atoms with van der Waals surface area (Å²) in [5.74, 6) is 0.139. The molecule has 2 fully saturated rings. The second-order valence-corrected chi connectivity index (χ2v) is 5.84. The Bertz CT molecular complexity index is 335. The standard InChI is InChI=1S/C15H24N2O/c1-2-3-11-17(13-7-8-13)14(18)15(12-16)9-5-4-6-10-15/h13H,2-11H2,1H3. The van der Waals surface area contributed by atoms with Gasteiger partial charge in [0.05, 0.1) is 6.07 Å².